The van der Waals surface area contributed by atoms with Crippen molar-refractivity contribution < 1.29 is 13.2 Å². The van der Waals surface area contributed by atoms with E-state index in [1.54, 1.807) is 7.11 Å². The summed E-state index contributed by atoms with van der Waals surface area (Å²) in [5, 5.41) is 3.35. The maximum atomic E-state index is 12.4. The zero-order valence-corrected chi connectivity index (χ0v) is 14.8. The molecule has 5 nitrogen and oxygen atoms in total. The highest BCUT2D eigenvalue weighted by molar-refractivity contribution is 9.10. The monoisotopic (exact) mass is 382 g/mol. The minimum Gasteiger partial charge on any atom is -0.383 e. The standard InChI is InChI=1S/C12H19BrN2O3S2/c1-9-6-10(13)11(19-9)20(16,17)15-7-12(8-18-2)4-3-5-14-12/h6,14-15H,3-5,7-8H2,1-2H3. The first kappa shape index (κ1) is 16.4. The highest BCUT2D eigenvalue weighted by Gasteiger charge is 2.35. The molecule has 0 radical (unpaired) electrons. The third kappa shape index (κ3) is 3.61. The Kier molecular flexibility index (Phi) is 5.25. The molecule has 1 aliphatic rings. The zero-order valence-electron chi connectivity index (χ0n) is 11.5. The number of thiophene rings is 1. The van der Waals surface area contributed by atoms with Crippen LogP contribution >= 0.6 is 27.3 Å². The van der Waals surface area contributed by atoms with Crippen LogP contribution in [0.25, 0.3) is 0 Å². The molecule has 1 aliphatic heterocycles. The molecule has 114 valence electrons. The van der Waals surface area contributed by atoms with Gasteiger partial charge in [0.1, 0.15) is 4.21 Å². The number of rotatable bonds is 6. The van der Waals surface area contributed by atoms with Crippen LogP contribution < -0.4 is 10.0 Å². The summed E-state index contributed by atoms with van der Waals surface area (Å²) < 4.78 is 33.6. The van der Waals surface area contributed by atoms with E-state index in [9.17, 15) is 8.42 Å². The second kappa shape index (κ2) is 6.41. The molecule has 0 bridgehead atoms. The van der Waals surface area contributed by atoms with Gasteiger partial charge in [0.25, 0.3) is 10.0 Å². The van der Waals surface area contributed by atoms with Crippen LogP contribution in [0.1, 0.15) is 17.7 Å². The summed E-state index contributed by atoms with van der Waals surface area (Å²) in [5.41, 5.74) is -0.291. The van der Waals surface area contributed by atoms with Crippen molar-refractivity contribution in [2.45, 2.75) is 29.5 Å². The predicted octanol–water partition coefficient (Wildman–Crippen LogP) is 1.87. The Morgan fingerprint density at radius 3 is 2.85 bits per heavy atom. The van der Waals surface area contributed by atoms with Crippen LogP contribution in [-0.4, -0.2) is 40.8 Å². The van der Waals surface area contributed by atoms with Crippen LogP contribution in [0.3, 0.4) is 0 Å². The summed E-state index contributed by atoms with van der Waals surface area (Å²) in [6.45, 7) is 3.62. The number of ether oxygens (including phenoxy) is 1. The lowest BCUT2D eigenvalue weighted by atomic mass is 9.99. The number of sulfonamides is 1. The largest absolute Gasteiger partial charge is 0.383 e. The number of nitrogens with one attached hydrogen (secondary N) is 2. The summed E-state index contributed by atoms with van der Waals surface area (Å²) in [6.07, 6.45) is 1.95. The van der Waals surface area contributed by atoms with E-state index in [1.165, 1.54) is 11.3 Å². The van der Waals surface area contributed by atoms with Crippen molar-refractivity contribution in [1.82, 2.24) is 10.0 Å². The van der Waals surface area contributed by atoms with Gasteiger partial charge in [-0.05, 0) is 48.3 Å². The molecule has 0 spiro atoms. The van der Waals surface area contributed by atoms with Gasteiger partial charge in [0.15, 0.2) is 0 Å². The molecule has 1 aromatic heterocycles. The Balaban J connectivity index is 2.10. The van der Waals surface area contributed by atoms with Gasteiger partial charge in [0.2, 0.25) is 0 Å². The molecule has 0 saturated carbocycles. The van der Waals surface area contributed by atoms with Gasteiger partial charge < -0.3 is 10.1 Å². The van der Waals surface area contributed by atoms with Crippen LogP contribution in [0.2, 0.25) is 0 Å². The van der Waals surface area contributed by atoms with Crippen LogP contribution in [0, 0.1) is 6.92 Å². The highest BCUT2D eigenvalue weighted by Crippen LogP contribution is 2.31. The SMILES string of the molecule is COCC1(CNS(=O)(=O)c2sc(C)cc2Br)CCCN1. The minimum atomic E-state index is -3.49. The maximum Gasteiger partial charge on any atom is 0.251 e. The van der Waals surface area contributed by atoms with Crippen LogP contribution in [0.4, 0.5) is 0 Å². The van der Waals surface area contributed by atoms with Crippen molar-refractivity contribution in [3.05, 3.63) is 15.4 Å². The van der Waals surface area contributed by atoms with Crippen molar-refractivity contribution in [2.24, 2.45) is 0 Å². The summed E-state index contributed by atoms with van der Waals surface area (Å²) in [4.78, 5) is 0.961. The summed E-state index contributed by atoms with van der Waals surface area (Å²) in [5.74, 6) is 0. The van der Waals surface area contributed by atoms with Gasteiger partial charge in [-0.2, -0.15) is 0 Å². The molecule has 1 saturated heterocycles. The van der Waals surface area contributed by atoms with Crippen molar-refractivity contribution in [3.8, 4) is 0 Å². The van der Waals surface area contributed by atoms with Gasteiger partial charge >= 0.3 is 0 Å². The molecule has 0 amide bonds. The number of halogens is 1. The van der Waals surface area contributed by atoms with Crippen molar-refractivity contribution in [3.63, 3.8) is 0 Å². The molecule has 1 unspecified atom stereocenters. The first-order valence-corrected chi connectivity index (χ1v) is 9.47. The van der Waals surface area contributed by atoms with E-state index in [0.717, 1.165) is 24.3 Å². The maximum absolute atomic E-state index is 12.4. The first-order valence-electron chi connectivity index (χ1n) is 6.38. The Morgan fingerprint density at radius 1 is 1.60 bits per heavy atom. The van der Waals surface area contributed by atoms with Crippen LogP contribution in [-0.2, 0) is 14.8 Å². The normalized spacial score (nSPS) is 23.4. The molecule has 1 atom stereocenters. The Hall–Kier alpha value is 0.01000. The van der Waals surface area contributed by atoms with Crippen molar-refractivity contribution in [2.75, 3.05) is 26.8 Å². The third-order valence-electron chi connectivity index (χ3n) is 3.38. The fourth-order valence-corrected chi connectivity index (χ4v) is 6.34. The minimum absolute atomic E-state index is 0.291. The van der Waals surface area contributed by atoms with Crippen molar-refractivity contribution >= 4 is 37.3 Å². The predicted molar refractivity (Wildman–Crippen MR) is 83.8 cm³/mol. The third-order valence-corrected chi connectivity index (χ3v) is 7.51. The van der Waals surface area contributed by atoms with Crippen LogP contribution in [0.5, 0.6) is 0 Å². The molecule has 0 aliphatic carbocycles. The van der Waals surface area contributed by atoms with E-state index in [-0.39, 0.29) is 5.54 Å². The molecule has 8 heteroatoms. The molecular formula is C12H19BrN2O3S2. The lowest BCUT2D eigenvalue weighted by molar-refractivity contribution is 0.122. The molecule has 1 fully saturated rings. The molecular weight excluding hydrogens is 364 g/mol. The van der Waals surface area contributed by atoms with E-state index >= 15 is 0 Å². The van der Waals surface area contributed by atoms with Gasteiger partial charge in [-0.1, -0.05) is 0 Å². The molecule has 2 heterocycles. The van der Waals surface area contributed by atoms with Gasteiger partial charge in [0, 0.05) is 23.0 Å². The fourth-order valence-electron chi connectivity index (χ4n) is 2.41. The fraction of sp³-hybridized carbons (Fsp3) is 0.667. The quantitative estimate of drug-likeness (QED) is 0.787. The smallest absolute Gasteiger partial charge is 0.251 e. The topological polar surface area (TPSA) is 67.4 Å². The second-order valence-corrected chi connectivity index (χ2v) is 9.13. The van der Waals surface area contributed by atoms with E-state index in [2.05, 4.69) is 26.0 Å². The molecule has 2 rings (SSSR count). The van der Waals surface area contributed by atoms with E-state index in [1.807, 2.05) is 13.0 Å². The van der Waals surface area contributed by atoms with Crippen LogP contribution in [0.15, 0.2) is 14.7 Å². The molecule has 1 aromatic rings. The summed E-state index contributed by atoms with van der Waals surface area (Å²) in [6, 6.07) is 1.82. The molecule has 2 N–H and O–H groups in total. The molecule has 20 heavy (non-hydrogen) atoms. The lowest BCUT2D eigenvalue weighted by Gasteiger charge is -2.28. The Morgan fingerprint density at radius 2 is 2.35 bits per heavy atom. The summed E-state index contributed by atoms with van der Waals surface area (Å²) in [7, 11) is -1.85. The first-order chi connectivity index (χ1) is 9.38. The van der Waals surface area contributed by atoms with E-state index in [0.29, 0.717) is 21.8 Å². The average Bonchev–Trinajstić information content (AvgIpc) is 2.95. The average molecular weight is 383 g/mol. The second-order valence-electron chi connectivity index (χ2n) is 5.06. The van der Waals surface area contributed by atoms with Gasteiger partial charge in [-0.25, -0.2) is 13.1 Å². The molecule has 0 aromatic carbocycles. The van der Waals surface area contributed by atoms with Gasteiger partial charge in [-0.3, -0.25) is 0 Å². The number of hydrogen-bond acceptors (Lipinski definition) is 5. The lowest BCUT2D eigenvalue weighted by Crippen LogP contribution is -2.52. The summed E-state index contributed by atoms with van der Waals surface area (Å²) >= 11 is 4.57. The number of hydrogen-bond donors (Lipinski definition) is 2. The number of methoxy groups -OCH3 is 1. The zero-order chi connectivity index (χ0) is 14.8. The number of aryl methyl sites for hydroxylation is 1. The van der Waals surface area contributed by atoms with E-state index in [4.69, 9.17) is 4.74 Å². The van der Waals surface area contributed by atoms with Gasteiger partial charge in [0.05, 0.1) is 12.1 Å². The van der Waals surface area contributed by atoms with Gasteiger partial charge in [-0.15, -0.1) is 11.3 Å². The Bertz CT molecular complexity index is 565. The Labute approximate surface area is 132 Å². The van der Waals surface area contributed by atoms with Crippen molar-refractivity contribution in [1.29, 1.82) is 0 Å². The highest BCUT2D eigenvalue weighted by atomic mass is 79.9. The van der Waals surface area contributed by atoms with E-state index < -0.39 is 10.0 Å².